The van der Waals surface area contributed by atoms with Crippen LogP contribution in [0.3, 0.4) is 0 Å². The van der Waals surface area contributed by atoms with Crippen molar-refractivity contribution in [2.24, 2.45) is 0 Å². The molecule has 0 amide bonds. The second-order valence-corrected chi connectivity index (χ2v) is 6.15. The van der Waals surface area contributed by atoms with E-state index in [0.717, 1.165) is 16.8 Å². The van der Waals surface area contributed by atoms with E-state index in [9.17, 15) is 4.79 Å². The highest BCUT2D eigenvalue weighted by Gasteiger charge is 2.11. The lowest BCUT2D eigenvalue weighted by Gasteiger charge is -2.16. The molecule has 118 valence electrons. The molecule has 0 bridgehead atoms. The zero-order chi connectivity index (χ0) is 16.3. The lowest BCUT2D eigenvalue weighted by atomic mass is 10.0. The molecule has 3 heteroatoms. The molecule has 0 radical (unpaired) electrons. The van der Waals surface area contributed by atoms with Crippen molar-refractivity contribution in [1.82, 2.24) is 9.88 Å². The van der Waals surface area contributed by atoms with E-state index in [1.165, 1.54) is 11.1 Å². The number of hydrogen-bond donors (Lipinski definition) is 1. The average Bonchev–Trinajstić information content (AvgIpc) is 2.46. The zero-order valence-electron chi connectivity index (χ0n) is 14.2. The zero-order valence-corrected chi connectivity index (χ0v) is 14.2. The normalized spacial score (nSPS) is 11.2. The molecule has 0 aliphatic heterocycles. The SMILES string of the molecule is CCn1c(-c2ccc(C)cc2C)ccc(CNC(C)C)c1=O. The first-order valence-electron chi connectivity index (χ1n) is 7.97. The van der Waals surface area contributed by atoms with Gasteiger partial charge in [0.25, 0.3) is 5.56 Å². The van der Waals surface area contributed by atoms with E-state index in [4.69, 9.17) is 0 Å². The van der Waals surface area contributed by atoms with E-state index in [2.05, 4.69) is 57.3 Å². The molecule has 2 aromatic rings. The highest BCUT2D eigenvalue weighted by atomic mass is 16.1. The fourth-order valence-corrected chi connectivity index (χ4v) is 2.72. The predicted octanol–water partition coefficient (Wildman–Crippen LogP) is 3.65. The molecule has 22 heavy (non-hydrogen) atoms. The molecule has 1 aromatic heterocycles. The van der Waals surface area contributed by atoms with Gasteiger partial charge in [0.05, 0.1) is 5.69 Å². The second kappa shape index (κ2) is 6.93. The Labute approximate surface area is 133 Å². The minimum atomic E-state index is 0.105. The van der Waals surface area contributed by atoms with Crippen LogP contribution in [-0.2, 0) is 13.1 Å². The Balaban J connectivity index is 2.49. The number of pyridine rings is 1. The van der Waals surface area contributed by atoms with Gasteiger partial charge in [0.2, 0.25) is 0 Å². The minimum absolute atomic E-state index is 0.105. The van der Waals surface area contributed by atoms with Gasteiger partial charge in [-0.2, -0.15) is 0 Å². The molecule has 0 atom stereocenters. The highest BCUT2D eigenvalue weighted by Crippen LogP contribution is 2.23. The summed E-state index contributed by atoms with van der Waals surface area (Å²) in [5, 5.41) is 3.32. The van der Waals surface area contributed by atoms with Crippen molar-refractivity contribution >= 4 is 0 Å². The molecule has 2 rings (SSSR count). The first-order valence-corrected chi connectivity index (χ1v) is 7.97. The van der Waals surface area contributed by atoms with E-state index < -0.39 is 0 Å². The van der Waals surface area contributed by atoms with Crippen LogP contribution in [-0.4, -0.2) is 10.6 Å². The Kier molecular flexibility index (Phi) is 5.19. The Hall–Kier alpha value is -1.87. The number of nitrogens with zero attached hydrogens (tertiary/aromatic N) is 1. The lowest BCUT2D eigenvalue weighted by molar-refractivity contribution is 0.580. The van der Waals surface area contributed by atoms with Crippen molar-refractivity contribution in [2.45, 2.75) is 53.8 Å². The van der Waals surface area contributed by atoms with Crippen LogP contribution >= 0.6 is 0 Å². The largest absolute Gasteiger partial charge is 0.310 e. The maximum atomic E-state index is 12.7. The van der Waals surface area contributed by atoms with Crippen LogP contribution < -0.4 is 10.9 Å². The standard InChI is InChI=1S/C19H26N2O/c1-6-21-18(17-9-7-14(4)11-15(17)5)10-8-16(19(21)22)12-20-13(2)3/h7-11,13,20H,6,12H2,1-5H3. The molecular formula is C19H26N2O. The molecule has 0 aliphatic carbocycles. The Morgan fingerprint density at radius 3 is 2.45 bits per heavy atom. The van der Waals surface area contributed by atoms with E-state index in [-0.39, 0.29) is 5.56 Å². The van der Waals surface area contributed by atoms with E-state index in [1.807, 2.05) is 17.6 Å². The quantitative estimate of drug-likeness (QED) is 0.914. The topological polar surface area (TPSA) is 34.0 Å². The summed E-state index contributed by atoms with van der Waals surface area (Å²) >= 11 is 0. The minimum Gasteiger partial charge on any atom is -0.310 e. The predicted molar refractivity (Wildman–Crippen MR) is 93.3 cm³/mol. The van der Waals surface area contributed by atoms with Gasteiger partial charge in [-0.15, -0.1) is 0 Å². The molecule has 0 aliphatic rings. The van der Waals surface area contributed by atoms with Crippen molar-refractivity contribution in [3.63, 3.8) is 0 Å². The number of aromatic nitrogens is 1. The summed E-state index contributed by atoms with van der Waals surface area (Å²) in [6.07, 6.45) is 0. The molecule has 3 nitrogen and oxygen atoms in total. The summed E-state index contributed by atoms with van der Waals surface area (Å²) in [6.45, 7) is 11.7. The van der Waals surface area contributed by atoms with Crippen LogP contribution in [0.2, 0.25) is 0 Å². The van der Waals surface area contributed by atoms with Crippen molar-refractivity contribution < 1.29 is 0 Å². The first-order chi connectivity index (χ1) is 10.4. The van der Waals surface area contributed by atoms with Crippen LogP contribution in [0.15, 0.2) is 35.1 Å². The van der Waals surface area contributed by atoms with Crippen LogP contribution in [0.4, 0.5) is 0 Å². The molecule has 1 heterocycles. The van der Waals surface area contributed by atoms with Crippen LogP contribution in [0.5, 0.6) is 0 Å². The Morgan fingerprint density at radius 2 is 1.86 bits per heavy atom. The third kappa shape index (κ3) is 3.47. The fraction of sp³-hybridized carbons (Fsp3) is 0.421. The smallest absolute Gasteiger partial charge is 0.255 e. The molecule has 0 spiro atoms. The number of aryl methyl sites for hydroxylation is 2. The van der Waals surface area contributed by atoms with Gasteiger partial charge in [-0.1, -0.05) is 43.7 Å². The van der Waals surface area contributed by atoms with Gasteiger partial charge in [0, 0.05) is 30.3 Å². The van der Waals surface area contributed by atoms with Crippen molar-refractivity contribution in [3.05, 3.63) is 57.4 Å². The van der Waals surface area contributed by atoms with Crippen LogP contribution in [0.1, 0.15) is 37.5 Å². The average molecular weight is 298 g/mol. The summed E-state index contributed by atoms with van der Waals surface area (Å²) in [7, 11) is 0. The molecule has 0 fully saturated rings. The summed E-state index contributed by atoms with van der Waals surface area (Å²) in [4.78, 5) is 12.7. The van der Waals surface area contributed by atoms with Gasteiger partial charge in [0.1, 0.15) is 0 Å². The summed E-state index contributed by atoms with van der Waals surface area (Å²) in [5.74, 6) is 0. The van der Waals surface area contributed by atoms with Crippen molar-refractivity contribution in [1.29, 1.82) is 0 Å². The molecule has 0 unspecified atom stereocenters. The molecule has 1 N–H and O–H groups in total. The number of rotatable bonds is 5. The first kappa shape index (κ1) is 16.5. The fourth-order valence-electron chi connectivity index (χ4n) is 2.72. The maximum Gasteiger partial charge on any atom is 0.255 e. The Morgan fingerprint density at radius 1 is 1.14 bits per heavy atom. The summed E-state index contributed by atoms with van der Waals surface area (Å²) in [6, 6.07) is 10.8. The molecule has 0 saturated heterocycles. The third-order valence-corrected chi connectivity index (χ3v) is 3.93. The third-order valence-electron chi connectivity index (χ3n) is 3.93. The number of benzene rings is 1. The van der Waals surface area contributed by atoms with Crippen LogP contribution in [0.25, 0.3) is 11.3 Å². The second-order valence-electron chi connectivity index (χ2n) is 6.15. The highest BCUT2D eigenvalue weighted by molar-refractivity contribution is 5.64. The van der Waals surface area contributed by atoms with Gasteiger partial charge in [-0.25, -0.2) is 0 Å². The van der Waals surface area contributed by atoms with E-state index in [0.29, 0.717) is 19.1 Å². The lowest BCUT2D eigenvalue weighted by Crippen LogP contribution is -2.30. The maximum absolute atomic E-state index is 12.7. The summed E-state index contributed by atoms with van der Waals surface area (Å²) in [5.41, 5.74) is 5.50. The van der Waals surface area contributed by atoms with E-state index >= 15 is 0 Å². The van der Waals surface area contributed by atoms with Gasteiger partial charge in [0.15, 0.2) is 0 Å². The number of nitrogens with one attached hydrogen (secondary N) is 1. The van der Waals surface area contributed by atoms with Gasteiger partial charge >= 0.3 is 0 Å². The monoisotopic (exact) mass is 298 g/mol. The molecular weight excluding hydrogens is 272 g/mol. The van der Waals surface area contributed by atoms with Crippen molar-refractivity contribution in [3.8, 4) is 11.3 Å². The number of hydrogen-bond acceptors (Lipinski definition) is 2. The van der Waals surface area contributed by atoms with E-state index in [1.54, 1.807) is 0 Å². The molecule has 1 aromatic carbocycles. The van der Waals surface area contributed by atoms with Gasteiger partial charge in [-0.3, -0.25) is 4.79 Å². The van der Waals surface area contributed by atoms with Crippen molar-refractivity contribution in [2.75, 3.05) is 0 Å². The van der Waals surface area contributed by atoms with Gasteiger partial charge < -0.3 is 9.88 Å². The Bertz CT molecular complexity index is 714. The van der Waals surface area contributed by atoms with Gasteiger partial charge in [-0.05, 0) is 32.4 Å². The van der Waals surface area contributed by atoms with Crippen LogP contribution in [0, 0.1) is 13.8 Å². The molecule has 0 saturated carbocycles. The summed E-state index contributed by atoms with van der Waals surface area (Å²) < 4.78 is 1.87.